The predicted molar refractivity (Wildman–Crippen MR) is 106 cm³/mol. The first kappa shape index (κ1) is 20.8. The number of anilines is 1. The molecule has 0 aliphatic carbocycles. The van der Waals surface area contributed by atoms with Crippen LogP contribution in [0.25, 0.3) is 0 Å². The average Bonchev–Trinajstić information content (AvgIpc) is 3.02. The summed E-state index contributed by atoms with van der Waals surface area (Å²) in [4.78, 5) is 61.9. The first-order chi connectivity index (χ1) is 13.8. The second-order valence-corrected chi connectivity index (χ2v) is 7.64. The number of carbonyl (C=O) groups is 5. The molecular weight excluding hydrogens is 398 g/mol. The van der Waals surface area contributed by atoms with Gasteiger partial charge in [-0.25, -0.2) is 0 Å². The summed E-state index contributed by atoms with van der Waals surface area (Å²) in [7, 11) is 1.62. The molecule has 1 fully saturated rings. The molecule has 1 aromatic rings. The maximum atomic E-state index is 12.4. The number of rotatable bonds is 7. The number of ether oxygens (including phenoxy) is 1. The Bertz CT molecular complexity index is 871. The largest absolute Gasteiger partial charge is 0.479 e. The normalized spacial score (nSPS) is 18.6. The molecule has 0 spiro atoms. The van der Waals surface area contributed by atoms with E-state index in [-0.39, 0.29) is 60.4 Å². The number of hydrogen-bond acceptors (Lipinski definition) is 7. The fourth-order valence-electron chi connectivity index (χ4n) is 3.05. The summed E-state index contributed by atoms with van der Waals surface area (Å²) in [5.74, 6) is -0.380. The van der Waals surface area contributed by atoms with Crippen LogP contribution in [0.1, 0.15) is 30.1 Å². The van der Waals surface area contributed by atoms with Crippen molar-refractivity contribution in [2.24, 2.45) is 0 Å². The Morgan fingerprint density at radius 2 is 2.00 bits per heavy atom. The van der Waals surface area contributed by atoms with E-state index in [1.807, 2.05) is 0 Å². The van der Waals surface area contributed by atoms with Gasteiger partial charge in [-0.1, -0.05) is 11.8 Å². The standard InChI is InChI=1S/C19H21N3O6S/c1-11-18(26)21(2)13-9-12(3-5-15(13)28-11)14(23)4-6-16(24)20-7-8-22-17(25)10-29-19(22)27/h3,5,9,11H,4,6-8,10H2,1-2H3,(H,20,24). The minimum Gasteiger partial charge on any atom is -0.479 e. The van der Waals surface area contributed by atoms with Crippen LogP contribution in [0.2, 0.25) is 0 Å². The van der Waals surface area contributed by atoms with Gasteiger partial charge in [0.15, 0.2) is 11.9 Å². The van der Waals surface area contributed by atoms with Gasteiger partial charge in [0.1, 0.15) is 5.75 Å². The molecule has 1 unspecified atom stereocenters. The summed E-state index contributed by atoms with van der Waals surface area (Å²) in [6, 6.07) is 4.84. The molecule has 154 valence electrons. The number of likely N-dealkylation sites (N-methyl/N-ethyl adjacent to an activating group) is 1. The lowest BCUT2D eigenvalue weighted by molar-refractivity contribution is -0.125. The number of thioether (sulfide) groups is 1. The molecule has 1 N–H and O–H groups in total. The smallest absolute Gasteiger partial charge is 0.288 e. The fourth-order valence-corrected chi connectivity index (χ4v) is 3.80. The molecule has 0 saturated carbocycles. The van der Waals surface area contributed by atoms with E-state index in [9.17, 15) is 24.0 Å². The topological polar surface area (TPSA) is 113 Å². The molecule has 2 aliphatic heterocycles. The Hall–Kier alpha value is -2.88. The number of fused-ring (bicyclic) bond motifs is 1. The Morgan fingerprint density at radius 1 is 1.24 bits per heavy atom. The van der Waals surface area contributed by atoms with E-state index in [0.717, 1.165) is 16.7 Å². The second kappa shape index (κ2) is 8.64. The van der Waals surface area contributed by atoms with Gasteiger partial charge in [-0.3, -0.25) is 28.9 Å². The second-order valence-electron chi connectivity index (χ2n) is 6.71. The predicted octanol–water partition coefficient (Wildman–Crippen LogP) is 1.20. The van der Waals surface area contributed by atoms with E-state index in [0.29, 0.717) is 17.0 Å². The summed E-state index contributed by atoms with van der Waals surface area (Å²) < 4.78 is 5.53. The summed E-state index contributed by atoms with van der Waals surface area (Å²) in [5.41, 5.74) is 0.904. The van der Waals surface area contributed by atoms with Gasteiger partial charge in [-0.05, 0) is 25.1 Å². The third kappa shape index (κ3) is 4.58. The summed E-state index contributed by atoms with van der Waals surface area (Å²) in [6.07, 6.45) is -0.603. The average molecular weight is 419 g/mol. The van der Waals surface area contributed by atoms with E-state index in [4.69, 9.17) is 4.74 Å². The van der Waals surface area contributed by atoms with Crippen molar-refractivity contribution < 1.29 is 28.7 Å². The van der Waals surface area contributed by atoms with Crippen LogP contribution in [-0.2, 0) is 14.4 Å². The minimum absolute atomic E-state index is 0.00301. The fraction of sp³-hybridized carbons (Fsp3) is 0.421. The monoisotopic (exact) mass is 419 g/mol. The van der Waals surface area contributed by atoms with Gasteiger partial charge >= 0.3 is 0 Å². The van der Waals surface area contributed by atoms with Crippen LogP contribution in [0.5, 0.6) is 5.75 Å². The molecule has 1 saturated heterocycles. The van der Waals surface area contributed by atoms with E-state index in [2.05, 4.69) is 5.32 Å². The zero-order chi connectivity index (χ0) is 21.1. The number of nitrogens with zero attached hydrogens (tertiary/aromatic N) is 2. The van der Waals surface area contributed by atoms with Crippen molar-refractivity contribution in [1.29, 1.82) is 0 Å². The van der Waals surface area contributed by atoms with Crippen LogP contribution < -0.4 is 15.0 Å². The van der Waals surface area contributed by atoms with E-state index >= 15 is 0 Å². The Labute approximate surface area is 171 Å². The third-order valence-corrected chi connectivity index (χ3v) is 5.56. The highest BCUT2D eigenvalue weighted by Crippen LogP contribution is 2.34. The molecular formula is C19H21N3O6S. The molecule has 2 aliphatic rings. The molecule has 29 heavy (non-hydrogen) atoms. The summed E-state index contributed by atoms with van der Waals surface area (Å²) >= 11 is 0.941. The van der Waals surface area contributed by atoms with Crippen LogP contribution in [0, 0.1) is 0 Å². The van der Waals surface area contributed by atoms with Crippen molar-refractivity contribution in [2.75, 3.05) is 30.8 Å². The number of benzene rings is 1. The molecule has 10 heteroatoms. The first-order valence-corrected chi connectivity index (χ1v) is 10.1. The zero-order valence-electron chi connectivity index (χ0n) is 16.1. The SMILES string of the molecule is CC1Oc2ccc(C(=O)CCC(=O)NCCN3C(=O)CSC3=O)cc2N(C)C1=O. The van der Waals surface area contributed by atoms with Gasteiger partial charge < -0.3 is 15.0 Å². The Balaban J connectivity index is 1.49. The molecule has 0 bridgehead atoms. The maximum absolute atomic E-state index is 12.4. The number of carbonyl (C=O) groups excluding carboxylic acids is 5. The molecule has 4 amide bonds. The van der Waals surface area contributed by atoms with E-state index in [1.54, 1.807) is 32.2 Å². The number of imide groups is 1. The number of ketones is 1. The highest BCUT2D eigenvalue weighted by Gasteiger charge is 2.30. The number of hydrogen-bond donors (Lipinski definition) is 1. The van der Waals surface area contributed by atoms with Crippen LogP contribution in [0.4, 0.5) is 10.5 Å². The minimum atomic E-state index is -0.581. The van der Waals surface area contributed by atoms with Gasteiger partial charge in [0.25, 0.3) is 11.1 Å². The van der Waals surface area contributed by atoms with Crippen LogP contribution in [0.3, 0.4) is 0 Å². The lowest BCUT2D eigenvalue weighted by atomic mass is 10.0. The van der Waals surface area contributed by atoms with Gasteiger partial charge in [-0.15, -0.1) is 0 Å². The van der Waals surface area contributed by atoms with Gasteiger partial charge in [-0.2, -0.15) is 0 Å². The van der Waals surface area contributed by atoms with Crippen molar-refractivity contribution in [3.05, 3.63) is 23.8 Å². The molecule has 0 radical (unpaired) electrons. The molecule has 2 heterocycles. The molecule has 1 aromatic carbocycles. The zero-order valence-corrected chi connectivity index (χ0v) is 16.9. The summed E-state index contributed by atoms with van der Waals surface area (Å²) in [5, 5.41) is 2.29. The third-order valence-electron chi connectivity index (χ3n) is 4.70. The van der Waals surface area contributed by atoms with E-state index in [1.165, 1.54) is 4.90 Å². The quantitative estimate of drug-likeness (QED) is 0.661. The van der Waals surface area contributed by atoms with Gasteiger partial charge in [0.05, 0.1) is 11.4 Å². The lowest BCUT2D eigenvalue weighted by Crippen LogP contribution is -2.42. The Morgan fingerprint density at radius 3 is 2.69 bits per heavy atom. The van der Waals surface area contributed by atoms with Crippen molar-refractivity contribution in [2.45, 2.75) is 25.9 Å². The van der Waals surface area contributed by atoms with Crippen molar-refractivity contribution in [1.82, 2.24) is 10.2 Å². The molecule has 9 nitrogen and oxygen atoms in total. The first-order valence-electron chi connectivity index (χ1n) is 9.13. The lowest BCUT2D eigenvalue weighted by Gasteiger charge is -2.30. The number of amides is 4. The van der Waals surface area contributed by atoms with E-state index < -0.39 is 6.10 Å². The van der Waals surface area contributed by atoms with Crippen molar-refractivity contribution >= 4 is 46.2 Å². The van der Waals surface area contributed by atoms with Crippen LogP contribution >= 0.6 is 11.8 Å². The van der Waals surface area contributed by atoms with Gasteiger partial charge in [0.2, 0.25) is 11.8 Å². The molecule has 1 atom stereocenters. The van der Waals surface area contributed by atoms with Crippen LogP contribution in [-0.4, -0.2) is 65.6 Å². The highest BCUT2D eigenvalue weighted by molar-refractivity contribution is 8.14. The maximum Gasteiger partial charge on any atom is 0.288 e. The molecule has 0 aromatic heterocycles. The highest BCUT2D eigenvalue weighted by atomic mass is 32.2. The van der Waals surface area contributed by atoms with Crippen molar-refractivity contribution in [3.8, 4) is 5.75 Å². The number of nitrogens with one attached hydrogen (secondary N) is 1. The van der Waals surface area contributed by atoms with Gasteiger partial charge in [0, 0.05) is 38.5 Å². The molecule has 3 rings (SSSR count). The number of Topliss-reactive ketones (excluding diaryl/α,β-unsaturated/α-hetero) is 1. The van der Waals surface area contributed by atoms with Crippen LogP contribution in [0.15, 0.2) is 18.2 Å². The van der Waals surface area contributed by atoms with Crippen molar-refractivity contribution in [3.63, 3.8) is 0 Å². The summed E-state index contributed by atoms with van der Waals surface area (Å²) in [6.45, 7) is 1.92. The Kier molecular flexibility index (Phi) is 6.21.